The van der Waals surface area contributed by atoms with Gasteiger partial charge in [0.15, 0.2) is 5.82 Å². The Morgan fingerprint density at radius 1 is 1.12 bits per heavy atom. The zero-order valence-electron chi connectivity index (χ0n) is 8.41. The third kappa shape index (κ3) is 1.38. The average Bonchev–Trinajstić information content (AvgIpc) is 2.81. The molecule has 0 atom stereocenters. The molecule has 5 nitrogen and oxygen atoms in total. The summed E-state index contributed by atoms with van der Waals surface area (Å²) in [6.07, 6.45) is 3.09. The van der Waals surface area contributed by atoms with E-state index in [1.807, 2.05) is 30.3 Å². The van der Waals surface area contributed by atoms with Gasteiger partial charge < -0.3 is 5.73 Å². The Morgan fingerprint density at radius 2 is 2.00 bits per heavy atom. The first-order valence-corrected chi connectivity index (χ1v) is 4.84. The molecular weight excluding hydrogens is 202 g/mol. The van der Waals surface area contributed by atoms with Crippen molar-refractivity contribution in [2.75, 3.05) is 5.73 Å². The monoisotopic (exact) mass is 211 g/mol. The number of benzene rings is 1. The molecule has 78 valence electrons. The molecule has 0 saturated carbocycles. The molecule has 0 unspecified atom stereocenters. The molecule has 16 heavy (non-hydrogen) atoms. The lowest BCUT2D eigenvalue weighted by atomic mass is 10.2. The summed E-state index contributed by atoms with van der Waals surface area (Å²) in [6, 6.07) is 9.53. The minimum absolute atomic E-state index is 0.704. The van der Waals surface area contributed by atoms with Gasteiger partial charge in [-0.1, -0.05) is 6.07 Å². The molecule has 3 rings (SSSR count). The highest BCUT2D eigenvalue weighted by molar-refractivity contribution is 5.82. The van der Waals surface area contributed by atoms with Gasteiger partial charge in [0.1, 0.15) is 12.7 Å². The molecule has 0 radical (unpaired) electrons. The molecule has 0 aliphatic carbocycles. The summed E-state index contributed by atoms with van der Waals surface area (Å²) >= 11 is 0. The van der Waals surface area contributed by atoms with Gasteiger partial charge in [-0.3, -0.25) is 0 Å². The number of aromatic nitrogens is 4. The van der Waals surface area contributed by atoms with Gasteiger partial charge in [-0.25, -0.2) is 14.6 Å². The number of hydrogen-bond acceptors (Lipinski definition) is 4. The quantitative estimate of drug-likeness (QED) is 0.617. The molecule has 0 bridgehead atoms. The molecule has 2 heterocycles. The number of rotatable bonds is 1. The molecule has 0 spiro atoms. The van der Waals surface area contributed by atoms with Crippen LogP contribution in [0.15, 0.2) is 43.0 Å². The number of pyridine rings is 1. The molecule has 2 N–H and O–H groups in total. The van der Waals surface area contributed by atoms with E-state index in [0.717, 1.165) is 16.7 Å². The molecule has 1 aromatic carbocycles. The predicted octanol–water partition coefficient (Wildman–Crippen LogP) is 1.40. The summed E-state index contributed by atoms with van der Waals surface area (Å²) in [6.45, 7) is 0. The maximum atomic E-state index is 5.72. The van der Waals surface area contributed by atoms with Crippen molar-refractivity contribution in [2.24, 2.45) is 0 Å². The Hall–Kier alpha value is -2.43. The summed E-state index contributed by atoms with van der Waals surface area (Å²) in [5.74, 6) is 0.732. The Kier molecular flexibility index (Phi) is 1.83. The third-order valence-electron chi connectivity index (χ3n) is 2.35. The van der Waals surface area contributed by atoms with E-state index in [1.54, 1.807) is 11.0 Å². The summed E-state index contributed by atoms with van der Waals surface area (Å²) in [4.78, 5) is 8.34. The van der Waals surface area contributed by atoms with Gasteiger partial charge in [0.25, 0.3) is 0 Å². The van der Waals surface area contributed by atoms with Crippen LogP contribution in [0.25, 0.3) is 16.7 Å². The van der Waals surface area contributed by atoms with E-state index in [4.69, 9.17) is 5.73 Å². The van der Waals surface area contributed by atoms with Crippen LogP contribution in [0.5, 0.6) is 0 Å². The minimum atomic E-state index is 0.704. The lowest BCUT2D eigenvalue weighted by Crippen LogP contribution is -1.98. The van der Waals surface area contributed by atoms with E-state index in [0.29, 0.717) is 5.69 Å². The maximum absolute atomic E-state index is 5.72. The smallest absolute Gasteiger partial charge is 0.155 e. The van der Waals surface area contributed by atoms with Crippen LogP contribution in [0.2, 0.25) is 0 Å². The van der Waals surface area contributed by atoms with Gasteiger partial charge >= 0.3 is 0 Å². The molecule has 3 aromatic rings. The lowest BCUT2D eigenvalue weighted by molar-refractivity contribution is 0.851. The second-order valence-corrected chi connectivity index (χ2v) is 3.46. The Labute approximate surface area is 91.6 Å². The van der Waals surface area contributed by atoms with Crippen LogP contribution in [-0.2, 0) is 0 Å². The summed E-state index contributed by atoms with van der Waals surface area (Å²) in [7, 11) is 0. The van der Waals surface area contributed by atoms with Crippen molar-refractivity contribution in [3.05, 3.63) is 43.0 Å². The average molecular weight is 211 g/mol. The second kappa shape index (κ2) is 3.30. The van der Waals surface area contributed by atoms with E-state index >= 15 is 0 Å². The predicted molar refractivity (Wildman–Crippen MR) is 61.1 cm³/mol. The van der Waals surface area contributed by atoms with Crippen molar-refractivity contribution in [2.45, 2.75) is 0 Å². The summed E-state index contributed by atoms with van der Waals surface area (Å²) in [5.41, 5.74) is 7.28. The van der Waals surface area contributed by atoms with Crippen molar-refractivity contribution in [3.8, 4) is 5.82 Å². The lowest BCUT2D eigenvalue weighted by Gasteiger charge is -2.02. The number of nitrogen functional groups attached to an aromatic ring is 1. The van der Waals surface area contributed by atoms with Crippen molar-refractivity contribution in [3.63, 3.8) is 0 Å². The van der Waals surface area contributed by atoms with Crippen molar-refractivity contribution in [1.29, 1.82) is 0 Å². The molecule has 0 amide bonds. The zero-order valence-corrected chi connectivity index (χ0v) is 8.41. The molecule has 0 aliphatic rings. The first-order valence-electron chi connectivity index (χ1n) is 4.84. The van der Waals surface area contributed by atoms with E-state index < -0.39 is 0 Å². The van der Waals surface area contributed by atoms with Crippen LogP contribution < -0.4 is 5.73 Å². The molecule has 0 fully saturated rings. The largest absolute Gasteiger partial charge is 0.399 e. The van der Waals surface area contributed by atoms with Gasteiger partial charge in [0.2, 0.25) is 0 Å². The van der Waals surface area contributed by atoms with Crippen LogP contribution in [-0.4, -0.2) is 19.7 Å². The molecule has 0 saturated heterocycles. The van der Waals surface area contributed by atoms with Gasteiger partial charge in [0, 0.05) is 11.1 Å². The van der Waals surface area contributed by atoms with E-state index in [1.165, 1.54) is 6.33 Å². The van der Waals surface area contributed by atoms with Crippen LogP contribution in [0.3, 0.4) is 0 Å². The number of anilines is 1. The van der Waals surface area contributed by atoms with E-state index in [-0.39, 0.29) is 0 Å². The highest BCUT2D eigenvalue weighted by Gasteiger charge is 2.01. The van der Waals surface area contributed by atoms with E-state index in [2.05, 4.69) is 15.1 Å². The first kappa shape index (κ1) is 8.84. The van der Waals surface area contributed by atoms with Crippen molar-refractivity contribution < 1.29 is 0 Å². The highest BCUT2D eigenvalue weighted by atomic mass is 15.3. The van der Waals surface area contributed by atoms with E-state index in [9.17, 15) is 0 Å². The Morgan fingerprint density at radius 3 is 2.81 bits per heavy atom. The normalized spacial score (nSPS) is 10.8. The standard InChI is InChI=1S/C11H9N5/c12-9-3-1-8-2-4-11(15-10(8)5-9)16-7-13-6-14-16/h1-7H,12H2. The van der Waals surface area contributed by atoms with Crippen LogP contribution in [0, 0.1) is 0 Å². The zero-order chi connectivity index (χ0) is 11.0. The fraction of sp³-hybridized carbons (Fsp3) is 0. The highest BCUT2D eigenvalue weighted by Crippen LogP contribution is 2.16. The number of fused-ring (bicyclic) bond motifs is 1. The Bertz CT molecular complexity index is 630. The minimum Gasteiger partial charge on any atom is -0.399 e. The topological polar surface area (TPSA) is 69.6 Å². The molecule has 2 aromatic heterocycles. The first-order chi connectivity index (χ1) is 7.83. The van der Waals surface area contributed by atoms with Crippen LogP contribution in [0.4, 0.5) is 5.69 Å². The fourth-order valence-corrected chi connectivity index (χ4v) is 1.58. The Balaban J connectivity index is 2.22. The van der Waals surface area contributed by atoms with Crippen LogP contribution in [0.1, 0.15) is 0 Å². The molecule has 5 heteroatoms. The molecular formula is C11H9N5. The van der Waals surface area contributed by atoms with Gasteiger partial charge in [-0.15, -0.1) is 0 Å². The number of nitrogens with two attached hydrogens (primary N) is 1. The summed E-state index contributed by atoms with van der Waals surface area (Å²) in [5, 5.41) is 5.08. The SMILES string of the molecule is Nc1ccc2ccc(-n3cncn3)nc2c1. The van der Waals surface area contributed by atoms with Crippen molar-refractivity contribution in [1.82, 2.24) is 19.7 Å². The third-order valence-corrected chi connectivity index (χ3v) is 2.35. The van der Waals surface area contributed by atoms with Gasteiger partial charge in [0.05, 0.1) is 5.52 Å². The molecule has 0 aliphatic heterocycles. The number of hydrogen-bond donors (Lipinski definition) is 1. The van der Waals surface area contributed by atoms with Crippen molar-refractivity contribution >= 4 is 16.6 Å². The second-order valence-electron chi connectivity index (χ2n) is 3.46. The number of nitrogens with zero attached hydrogens (tertiary/aromatic N) is 4. The summed E-state index contributed by atoms with van der Waals surface area (Å²) < 4.78 is 1.61. The maximum Gasteiger partial charge on any atom is 0.155 e. The van der Waals surface area contributed by atoms with Gasteiger partial charge in [-0.2, -0.15) is 5.10 Å². The fourth-order valence-electron chi connectivity index (χ4n) is 1.58. The van der Waals surface area contributed by atoms with Gasteiger partial charge in [-0.05, 0) is 24.3 Å². The van der Waals surface area contributed by atoms with Crippen LogP contribution >= 0.6 is 0 Å².